The maximum Gasteiger partial charge on any atom is 0.251 e. The molecule has 0 radical (unpaired) electrons. The Labute approximate surface area is 189 Å². The second-order valence-corrected chi connectivity index (χ2v) is 9.35. The molecule has 3 amide bonds. The average Bonchev–Trinajstić information content (AvgIpc) is 3.32. The van der Waals surface area contributed by atoms with Crippen LogP contribution in [0.1, 0.15) is 35.2 Å². The summed E-state index contributed by atoms with van der Waals surface area (Å²) in [6, 6.07) is 6.88. The number of piperazine rings is 1. The van der Waals surface area contributed by atoms with E-state index in [0.717, 1.165) is 37.2 Å². The number of hydrogen-bond donors (Lipinski definition) is 1. The molecule has 2 aliphatic heterocycles. The van der Waals surface area contributed by atoms with Gasteiger partial charge in [-0.3, -0.25) is 19.3 Å². The van der Waals surface area contributed by atoms with Crippen molar-refractivity contribution in [2.75, 3.05) is 57.8 Å². The standard InChI is InChI=1S/C23H34N4O3S/c1-18-6-5-7-19(16-18)22(29)24-20(8-15-31-2)23(30)27-13-11-25(12-14-27)17-21(28)26-9-3-4-10-26/h5-7,16,20H,3-4,8-15,17H2,1-2H3,(H,24,29). The maximum atomic E-state index is 13.2. The first-order valence-electron chi connectivity index (χ1n) is 11.1. The van der Waals surface area contributed by atoms with Crippen LogP contribution >= 0.6 is 11.8 Å². The van der Waals surface area contributed by atoms with Gasteiger partial charge in [0.15, 0.2) is 0 Å². The van der Waals surface area contributed by atoms with E-state index in [1.54, 1.807) is 17.8 Å². The van der Waals surface area contributed by atoms with Gasteiger partial charge in [-0.15, -0.1) is 0 Å². The minimum absolute atomic E-state index is 0.0272. The molecule has 7 nitrogen and oxygen atoms in total. The third-order valence-electron chi connectivity index (χ3n) is 6.00. The molecule has 0 aliphatic carbocycles. The van der Waals surface area contributed by atoms with Crippen molar-refractivity contribution < 1.29 is 14.4 Å². The number of carbonyl (C=O) groups excluding carboxylic acids is 3. The SMILES string of the molecule is CSCCC(NC(=O)c1cccc(C)c1)C(=O)N1CCN(CC(=O)N2CCCC2)CC1. The van der Waals surface area contributed by atoms with E-state index in [2.05, 4.69) is 10.2 Å². The number of rotatable bonds is 8. The van der Waals surface area contributed by atoms with Crippen LogP contribution in [-0.2, 0) is 9.59 Å². The number of carbonyl (C=O) groups is 3. The van der Waals surface area contributed by atoms with E-state index in [0.29, 0.717) is 44.7 Å². The topological polar surface area (TPSA) is 73.0 Å². The van der Waals surface area contributed by atoms with Crippen LogP contribution in [-0.4, -0.2) is 96.3 Å². The zero-order valence-electron chi connectivity index (χ0n) is 18.6. The highest BCUT2D eigenvalue weighted by Crippen LogP contribution is 2.12. The molecule has 31 heavy (non-hydrogen) atoms. The summed E-state index contributed by atoms with van der Waals surface area (Å²) in [4.78, 5) is 44.2. The van der Waals surface area contributed by atoms with Crippen LogP contribution in [0.5, 0.6) is 0 Å². The lowest BCUT2D eigenvalue weighted by atomic mass is 10.1. The van der Waals surface area contributed by atoms with Crippen LogP contribution in [0.25, 0.3) is 0 Å². The smallest absolute Gasteiger partial charge is 0.251 e. The normalized spacial score (nSPS) is 18.1. The highest BCUT2D eigenvalue weighted by Gasteiger charge is 2.30. The Morgan fingerprint density at radius 1 is 1.03 bits per heavy atom. The molecule has 2 aliphatic rings. The molecule has 2 fully saturated rings. The number of aryl methyl sites for hydroxylation is 1. The molecule has 1 N–H and O–H groups in total. The third-order valence-corrected chi connectivity index (χ3v) is 6.64. The number of nitrogens with zero attached hydrogens (tertiary/aromatic N) is 3. The molecule has 1 atom stereocenters. The van der Waals surface area contributed by atoms with Gasteiger partial charge in [0.25, 0.3) is 5.91 Å². The quantitative estimate of drug-likeness (QED) is 0.657. The molecular weight excluding hydrogens is 412 g/mol. The fraction of sp³-hybridized carbons (Fsp3) is 0.609. The minimum atomic E-state index is -0.529. The lowest BCUT2D eigenvalue weighted by Gasteiger charge is -2.36. The van der Waals surface area contributed by atoms with Crippen molar-refractivity contribution in [2.45, 2.75) is 32.2 Å². The Hall–Kier alpha value is -2.06. The number of benzene rings is 1. The molecule has 1 aromatic carbocycles. The zero-order chi connectivity index (χ0) is 22.2. The molecule has 1 unspecified atom stereocenters. The largest absolute Gasteiger partial charge is 0.342 e. The lowest BCUT2D eigenvalue weighted by Crippen LogP contribution is -2.56. The van der Waals surface area contributed by atoms with Crippen LogP contribution < -0.4 is 5.32 Å². The Morgan fingerprint density at radius 3 is 2.39 bits per heavy atom. The van der Waals surface area contributed by atoms with E-state index in [1.807, 2.05) is 41.2 Å². The number of likely N-dealkylation sites (tertiary alicyclic amines) is 1. The predicted molar refractivity (Wildman–Crippen MR) is 124 cm³/mol. The van der Waals surface area contributed by atoms with Gasteiger partial charge in [-0.2, -0.15) is 11.8 Å². The van der Waals surface area contributed by atoms with E-state index >= 15 is 0 Å². The maximum absolute atomic E-state index is 13.2. The highest BCUT2D eigenvalue weighted by molar-refractivity contribution is 7.98. The third kappa shape index (κ3) is 6.71. The van der Waals surface area contributed by atoms with Crippen molar-refractivity contribution in [2.24, 2.45) is 0 Å². The van der Waals surface area contributed by atoms with Gasteiger partial charge in [0.05, 0.1) is 6.54 Å². The summed E-state index contributed by atoms with van der Waals surface area (Å²) in [5.41, 5.74) is 1.59. The Kier molecular flexibility index (Phi) is 8.78. The monoisotopic (exact) mass is 446 g/mol. The molecule has 2 saturated heterocycles. The van der Waals surface area contributed by atoms with Crippen molar-refractivity contribution in [3.63, 3.8) is 0 Å². The molecule has 1 aromatic rings. The van der Waals surface area contributed by atoms with Crippen molar-refractivity contribution in [1.82, 2.24) is 20.0 Å². The predicted octanol–water partition coefficient (Wildman–Crippen LogP) is 1.61. The molecule has 0 saturated carbocycles. The van der Waals surface area contributed by atoms with E-state index in [4.69, 9.17) is 0 Å². The van der Waals surface area contributed by atoms with Gasteiger partial charge >= 0.3 is 0 Å². The molecule has 0 spiro atoms. The first kappa shape index (κ1) is 23.6. The van der Waals surface area contributed by atoms with Gasteiger partial charge in [0.1, 0.15) is 6.04 Å². The molecule has 0 bridgehead atoms. The van der Waals surface area contributed by atoms with E-state index in [-0.39, 0.29) is 17.7 Å². The second-order valence-electron chi connectivity index (χ2n) is 8.37. The number of amides is 3. The summed E-state index contributed by atoms with van der Waals surface area (Å²) in [6.45, 7) is 6.66. The molecular formula is C23H34N4O3S. The van der Waals surface area contributed by atoms with Crippen LogP contribution in [0.3, 0.4) is 0 Å². The number of hydrogen-bond acceptors (Lipinski definition) is 5. The number of nitrogens with one attached hydrogen (secondary N) is 1. The lowest BCUT2D eigenvalue weighted by molar-refractivity contribution is -0.136. The van der Waals surface area contributed by atoms with Crippen molar-refractivity contribution >= 4 is 29.5 Å². The van der Waals surface area contributed by atoms with Gasteiger partial charge in [0, 0.05) is 44.8 Å². The first-order valence-corrected chi connectivity index (χ1v) is 12.5. The van der Waals surface area contributed by atoms with Crippen LogP contribution in [0.15, 0.2) is 24.3 Å². The van der Waals surface area contributed by atoms with Crippen molar-refractivity contribution in [1.29, 1.82) is 0 Å². The van der Waals surface area contributed by atoms with Crippen LogP contribution in [0.2, 0.25) is 0 Å². The van der Waals surface area contributed by atoms with Gasteiger partial charge in [-0.05, 0) is 50.3 Å². The van der Waals surface area contributed by atoms with E-state index in [1.165, 1.54) is 0 Å². The summed E-state index contributed by atoms with van der Waals surface area (Å²) >= 11 is 1.67. The molecule has 170 valence electrons. The summed E-state index contributed by atoms with van der Waals surface area (Å²) in [7, 11) is 0. The zero-order valence-corrected chi connectivity index (χ0v) is 19.5. The average molecular weight is 447 g/mol. The van der Waals surface area contributed by atoms with Crippen LogP contribution in [0.4, 0.5) is 0 Å². The Balaban J connectivity index is 1.53. The fourth-order valence-electron chi connectivity index (χ4n) is 4.13. The Bertz CT molecular complexity index is 774. The molecule has 8 heteroatoms. The van der Waals surface area contributed by atoms with Gasteiger partial charge in [0.2, 0.25) is 11.8 Å². The molecule has 0 aromatic heterocycles. The summed E-state index contributed by atoms with van der Waals surface area (Å²) in [5, 5.41) is 2.96. The Morgan fingerprint density at radius 2 is 1.74 bits per heavy atom. The molecule has 2 heterocycles. The van der Waals surface area contributed by atoms with Gasteiger partial charge < -0.3 is 15.1 Å². The number of thioether (sulfide) groups is 1. The van der Waals surface area contributed by atoms with Crippen molar-refractivity contribution in [3.8, 4) is 0 Å². The summed E-state index contributed by atoms with van der Waals surface area (Å²) in [5.74, 6) is 0.758. The summed E-state index contributed by atoms with van der Waals surface area (Å²) in [6.07, 6.45) is 4.80. The first-order chi connectivity index (χ1) is 15.0. The summed E-state index contributed by atoms with van der Waals surface area (Å²) < 4.78 is 0. The fourth-order valence-corrected chi connectivity index (χ4v) is 4.60. The van der Waals surface area contributed by atoms with Crippen LogP contribution in [0, 0.1) is 6.92 Å². The van der Waals surface area contributed by atoms with Gasteiger partial charge in [-0.1, -0.05) is 17.7 Å². The molecule has 3 rings (SSSR count). The van der Waals surface area contributed by atoms with E-state index in [9.17, 15) is 14.4 Å². The minimum Gasteiger partial charge on any atom is -0.342 e. The van der Waals surface area contributed by atoms with Gasteiger partial charge in [-0.25, -0.2) is 0 Å². The highest BCUT2D eigenvalue weighted by atomic mass is 32.2. The van der Waals surface area contributed by atoms with Crippen molar-refractivity contribution in [3.05, 3.63) is 35.4 Å². The van der Waals surface area contributed by atoms with E-state index < -0.39 is 6.04 Å². The second kappa shape index (κ2) is 11.5.